The maximum atomic E-state index is 13.4. The van der Waals surface area contributed by atoms with Gasteiger partial charge < -0.3 is 5.32 Å². The minimum Gasteiger partial charge on any atom is -0.309 e. The molecule has 3 rings (SSSR count). The number of halogens is 4. The van der Waals surface area contributed by atoms with Gasteiger partial charge in [0.2, 0.25) is 10.0 Å². The van der Waals surface area contributed by atoms with Crippen LogP contribution in [-0.4, -0.2) is 37.9 Å². The number of nitrogens with zero attached hydrogens (tertiary/aromatic N) is 2. The molecule has 164 valence electrons. The van der Waals surface area contributed by atoms with E-state index < -0.39 is 10.0 Å². The van der Waals surface area contributed by atoms with E-state index in [0.29, 0.717) is 32.9 Å². The van der Waals surface area contributed by atoms with E-state index in [0.717, 1.165) is 0 Å². The van der Waals surface area contributed by atoms with Crippen LogP contribution in [0.1, 0.15) is 19.4 Å². The monoisotopic (exact) mass is 527 g/mol. The van der Waals surface area contributed by atoms with Crippen molar-refractivity contribution >= 4 is 69.8 Å². The fourth-order valence-corrected chi connectivity index (χ4v) is 6.66. The third-order valence-electron chi connectivity index (χ3n) is 4.33. The number of hydrogen-bond donors (Lipinski definition) is 1. The Morgan fingerprint density at radius 2 is 1.70 bits per heavy atom. The predicted octanol–water partition coefficient (Wildman–Crippen LogP) is 5.23. The van der Waals surface area contributed by atoms with Crippen LogP contribution in [0.3, 0.4) is 0 Å². The summed E-state index contributed by atoms with van der Waals surface area (Å²) in [5.74, 6) is 0. The van der Waals surface area contributed by atoms with Crippen LogP contribution in [0.5, 0.6) is 0 Å². The van der Waals surface area contributed by atoms with Gasteiger partial charge in [-0.3, -0.25) is 0 Å². The summed E-state index contributed by atoms with van der Waals surface area (Å²) < 4.78 is 28.3. The molecule has 2 atom stereocenters. The van der Waals surface area contributed by atoms with E-state index in [9.17, 15) is 13.7 Å². The third-order valence-corrected chi connectivity index (χ3v) is 8.14. The second-order valence-corrected chi connectivity index (χ2v) is 10.6. The first kappa shape index (κ1) is 27.3. The van der Waals surface area contributed by atoms with Crippen LogP contribution in [0, 0.1) is 11.3 Å². The molecular weight excluding hydrogens is 508 g/mol. The summed E-state index contributed by atoms with van der Waals surface area (Å²) in [7, 11) is -3.79. The van der Waals surface area contributed by atoms with Crippen molar-refractivity contribution in [3.05, 3.63) is 52.0 Å². The number of benzene rings is 2. The predicted molar refractivity (Wildman–Crippen MR) is 127 cm³/mol. The van der Waals surface area contributed by atoms with Gasteiger partial charge in [-0.2, -0.15) is 9.57 Å². The van der Waals surface area contributed by atoms with Crippen LogP contribution in [0.15, 0.2) is 51.1 Å². The molecule has 1 saturated heterocycles. The molecule has 1 N–H and O–H groups in total. The summed E-state index contributed by atoms with van der Waals surface area (Å²) in [4.78, 5) is 1.26. The fourth-order valence-electron chi connectivity index (χ4n) is 3.15. The van der Waals surface area contributed by atoms with E-state index in [1.165, 1.54) is 22.1 Å². The Bertz CT molecular complexity index is 1030. The van der Waals surface area contributed by atoms with Crippen LogP contribution in [-0.2, 0) is 10.0 Å². The molecule has 0 bridgehead atoms. The molecule has 30 heavy (non-hydrogen) atoms. The summed E-state index contributed by atoms with van der Waals surface area (Å²) in [6.07, 6.45) is 0. The van der Waals surface area contributed by atoms with E-state index in [1.807, 2.05) is 19.9 Å². The quantitative estimate of drug-likeness (QED) is 0.588. The topological polar surface area (TPSA) is 73.2 Å². The van der Waals surface area contributed by atoms with Crippen LogP contribution in [0.25, 0.3) is 0 Å². The molecule has 1 aliphatic heterocycles. The second-order valence-electron chi connectivity index (χ2n) is 6.74. The number of sulfonamides is 1. The standard InChI is InChI=1S/C19H19Cl2N3O2S2.2ClH/c1-12-10-24(11-13(2)23-12)28(25,26)19-7-14(9-22)3-6-17(19)27-18-8-15(20)4-5-16(18)21;;/h3-8,12-13,23H,10-11H2,1-2H3;2*1H. The van der Waals surface area contributed by atoms with Gasteiger partial charge in [0.15, 0.2) is 0 Å². The zero-order chi connectivity index (χ0) is 20.5. The Balaban J connectivity index is 0.00000225. The molecule has 1 heterocycles. The van der Waals surface area contributed by atoms with Gasteiger partial charge in [-0.15, -0.1) is 24.8 Å². The summed E-state index contributed by atoms with van der Waals surface area (Å²) in [5, 5.41) is 13.6. The van der Waals surface area contributed by atoms with Gasteiger partial charge >= 0.3 is 0 Å². The van der Waals surface area contributed by atoms with Crippen molar-refractivity contribution in [2.45, 2.75) is 40.6 Å². The molecule has 2 aromatic rings. The number of nitrogens with one attached hydrogen (secondary N) is 1. The van der Waals surface area contributed by atoms with Crippen molar-refractivity contribution in [1.29, 1.82) is 5.26 Å². The Labute approximate surface area is 204 Å². The highest BCUT2D eigenvalue weighted by Gasteiger charge is 2.33. The summed E-state index contributed by atoms with van der Waals surface area (Å²) in [6.45, 7) is 4.63. The molecule has 0 amide bonds. The summed E-state index contributed by atoms with van der Waals surface area (Å²) >= 11 is 13.5. The van der Waals surface area contributed by atoms with Crippen molar-refractivity contribution in [1.82, 2.24) is 9.62 Å². The molecule has 0 spiro atoms. The highest BCUT2D eigenvalue weighted by Crippen LogP contribution is 2.39. The highest BCUT2D eigenvalue weighted by atomic mass is 35.5. The van der Waals surface area contributed by atoms with Crippen molar-refractivity contribution in [2.24, 2.45) is 0 Å². The zero-order valence-corrected chi connectivity index (χ0v) is 20.9. The molecule has 0 aliphatic carbocycles. The average Bonchev–Trinajstić information content (AvgIpc) is 2.64. The fraction of sp³-hybridized carbons (Fsp3) is 0.316. The molecular formula is C19H21Cl4N3O2S2. The van der Waals surface area contributed by atoms with E-state index in [2.05, 4.69) is 5.32 Å². The van der Waals surface area contributed by atoms with E-state index >= 15 is 0 Å². The molecule has 2 aromatic carbocycles. The first-order chi connectivity index (χ1) is 13.2. The maximum Gasteiger partial charge on any atom is 0.244 e. The van der Waals surface area contributed by atoms with Gasteiger partial charge in [-0.05, 0) is 50.2 Å². The first-order valence-corrected chi connectivity index (χ1v) is 11.6. The van der Waals surface area contributed by atoms with Crippen LogP contribution >= 0.6 is 59.8 Å². The van der Waals surface area contributed by atoms with Crippen LogP contribution < -0.4 is 5.32 Å². The van der Waals surface area contributed by atoms with E-state index in [-0.39, 0.29) is 47.4 Å². The minimum atomic E-state index is -3.79. The van der Waals surface area contributed by atoms with Crippen molar-refractivity contribution in [3.8, 4) is 6.07 Å². The molecule has 0 radical (unpaired) electrons. The number of nitriles is 1. The lowest BCUT2D eigenvalue weighted by molar-refractivity contribution is 0.262. The Kier molecular flexibility index (Phi) is 10.3. The lowest BCUT2D eigenvalue weighted by atomic mass is 10.2. The molecule has 0 aromatic heterocycles. The molecule has 11 heteroatoms. The second kappa shape index (κ2) is 11.3. The molecule has 0 saturated carbocycles. The van der Waals surface area contributed by atoms with Gasteiger partial charge in [0, 0.05) is 40.0 Å². The molecule has 1 aliphatic rings. The summed E-state index contributed by atoms with van der Waals surface area (Å²) in [5.41, 5.74) is 0.288. The van der Waals surface area contributed by atoms with Crippen LogP contribution in [0.4, 0.5) is 0 Å². The SMILES string of the molecule is CC1CN(S(=O)(=O)c2cc(C#N)ccc2Sc2cc(Cl)ccc2Cl)CC(C)N1.Cl.Cl. The van der Waals surface area contributed by atoms with Crippen LogP contribution in [0.2, 0.25) is 10.0 Å². The molecule has 1 fully saturated rings. The third kappa shape index (κ3) is 6.18. The van der Waals surface area contributed by atoms with Crippen molar-refractivity contribution < 1.29 is 8.42 Å². The molecule has 5 nitrogen and oxygen atoms in total. The number of rotatable bonds is 4. The number of piperazine rings is 1. The lowest BCUT2D eigenvalue weighted by Gasteiger charge is -2.35. The number of hydrogen-bond acceptors (Lipinski definition) is 5. The smallest absolute Gasteiger partial charge is 0.244 e. The Hall–Kier alpha value is -0.690. The summed E-state index contributed by atoms with van der Waals surface area (Å²) in [6, 6.07) is 11.8. The van der Waals surface area contributed by atoms with Gasteiger partial charge in [-0.1, -0.05) is 35.0 Å². The van der Waals surface area contributed by atoms with Gasteiger partial charge in [0.25, 0.3) is 0 Å². The highest BCUT2D eigenvalue weighted by molar-refractivity contribution is 8.00. The van der Waals surface area contributed by atoms with Crippen molar-refractivity contribution in [3.63, 3.8) is 0 Å². The average molecular weight is 529 g/mol. The normalized spacial score (nSPS) is 19.3. The largest absolute Gasteiger partial charge is 0.309 e. The van der Waals surface area contributed by atoms with E-state index in [4.69, 9.17) is 23.2 Å². The van der Waals surface area contributed by atoms with E-state index in [1.54, 1.807) is 30.3 Å². The Morgan fingerprint density at radius 1 is 1.07 bits per heavy atom. The van der Waals surface area contributed by atoms with Gasteiger partial charge in [0.05, 0.1) is 21.6 Å². The van der Waals surface area contributed by atoms with Gasteiger partial charge in [0.1, 0.15) is 0 Å². The lowest BCUT2D eigenvalue weighted by Crippen LogP contribution is -2.55. The van der Waals surface area contributed by atoms with Crippen molar-refractivity contribution in [2.75, 3.05) is 13.1 Å². The minimum absolute atomic E-state index is 0. The van der Waals surface area contributed by atoms with Gasteiger partial charge in [-0.25, -0.2) is 8.42 Å². The first-order valence-electron chi connectivity index (χ1n) is 8.64. The molecule has 2 unspecified atom stereocenters. The zero-order valence-electron chi connectivity index (χ0n) is 16.1. The maximum absolute atomic E-state index is 13.4. The Morgan fingerprint density at radius 3 is 2.30 bits per heavy atom.